The highest BCUT2D eigenvalue weighted by molar-refractivity contribution is 5.49. The lowest BCUT2D eigenvalue weighted by molar-refractivity contribution is 0.174. The van der Waals surface area contributed by atoms with E-state index in [4.69, 9.17) is 9.47 Å². The van der Waals surface area contributed by atoms with E-state index in [2.05, 4.69) is 31.3 Å². The van der Waals surface area contributed by atoms with Gasteiger partial charge in [0.25, 0.3) is 0 Å². The van der Waals surface area contributed by atoms with E-state index in [1.807, 2.05) is 0 Å². The summed E-state index contributed by atoms with van der Waals surface area (Å²) in [6.45, 7) is 7.19. The Morgan fingerprint density at radius 3 is 2.53 bits per heavy atom. The lowest BCUT2D eigenvalue weighted by Gasteiger charge is -2.24. The SMILES string of the molecule is CC(C)c1cc2c(cc1CC1CCNCC1)OCO2. The maximum Gasteiger partial charge on any atom is 0.231 e. The van der Waals surface area contributed by atoms with Gasteiger partial charge in [0.1, 0.15) is 0 Å². The normalized spacial score (nSPS) is 19.1. The van der Waals surface area contributed by atoms with Crippen molar-refractivity contribution in [1.29, 1.82) is 0 Å². The molecule has 0 atom stereocenters. The smallest absolute Gasteiger partial charge is 0.231 e. The molecule has 3 rings (SSSR count). The van der Waals surface area contributed by atoms with Crippen LogP contribution in [0.3, 0.4) is 0 Å². The van der Waals surface area contributed by atoms with Crippen molar-refractivity contribution < 1.29 is 9.47 Å². The zero-order chi connectivity index (χ0) is 13.2. The van der Waals surface area contributed by atoms with Crippen LogP contribution >= 0.6 is 0 Å². The van der Waals surface area contributed by atoms with Crippen LogP contribution in [0.15, 0.2) is 12.1 Å². The fraction of sp³-hybridized carbons (Fsp3) is 0.625. The molecule has 3 heteroatoms. The summed E-state index contributed by atoms with van der Waals surface area (Å²) in [5.74, 6) is 3.18. The molecule has 1 N–H and O–H groups in total. The van der Waals surface area contributed by atoms with Crippen LogP contribution in [-0.4, -0.2) is 19.9 Å². The van der Waals surface area contributed by atoms with Crippen molar-refractivity contribution in [3.05, 3.63) is 23.3 Å². The summed E-state index contributed by atoms with van der Waals surface area (Å²) < 4.78 is 11.0. The van der Waals surface area contributed by atoms with Crippen LogP contribution in [0.4, 0.5) is 0 Å². The Bertz CT molecular complexity index is 450. The molecule has 0 bridgehead atoms. The summed E-state index contributed by atoms with van der Waals surface area (Å²) in [7, 11) is 0. The van der Waals surface area contributed by atoms with E-state index >= 15 is 0 Å². The third kappa shape index (κ3) is 2.71. The predicted octanol–water partition coefficient (Wildman–Crippen LogP) is 3.08. The molecule has 3 nitrogen and oxygen atoms in total. The van der Waals surface area contributed by atoms with Crippen LogP contribution in [0.25, 0.3) is 0 Å². The molecular weight excluding hydrogens is 238 g/mol. The maximum absolute atomic E-state index is 5.53. The molecule has 1 fully saturated rings. The number of benzene rings is 1. The van der Waals surface area contributed by atoms with Gasteiger partial charge < -0.3 is 14.8 Å². The Kier molecular flexibility index (Phi) is 3.65. The van der Waals surface area contributed by atoms with Crippen molar-refractivity contribution in [2.45, 2.75) is 39.0 Å². The molecule has 0 amide bonds. The number of rotatable bonds is 3. The van der Waals surface area contributed by atoms with Crippen molar-refractivity contribution in [3.8, 4) is 11.5 Å². The standard InChI is InChI=1S/C16H23NO2/c1-11(2)14-9-16-15(18-10-19-16)8-13(14)7-12-3-5-17-6-4-12/h8-9,11-12,17H,3-7,10H2,1-2H3. The summed E-state index contributed by atoms with van der Waals surface area (Å²) in [6.07, 6.45) is 3.74. The Balaban J connectivity index is 1.85. The maximum atomic E-state index is 5.53. The molecule has 2 aliphatic heterocycles. The largest absolute Gasteiger partial charge is 0.454 e. The van der Waals surface area contributed by atoms with Crippen molar-refractivity contribution in [2.75, 3.05) is 19.9 Å². The molecule has 104 valence electrons. The minimum absolute atomic E-state index is 0.365. The Labute approximate surface area is 115 Å². The van der Waals surface area contributed by atoms with Crippen LogP contribution in [0.1, 0.15) is 43.7 Å². The molecule has 0 saturated carbocycles. The zero-order valence-corrected chi connectivity index (χ0v) is 11.9. The summed E-state index contributed by atoms with van der Waals surface area (Å²) >= 11 is 0. The van der Waals surface area contributed by atoms with Crippen molar-refractivity contribution in [2.24, 2.45) is 5.92 Å². The van der Waals surface area contributed by atoms with Gasteiger partial charge in [-0.15, -0.1) is 0 Å². The Morgan fingerprint density at radius 2 is 1.84 bits per heavy atom. The lowest BCUT2D eigenvalue weighted by Crippen LogP contribution is -2.28. The van der Waals surface area contributed by atoms with E-state index in [0.29, 0.717) is 12.7 Å². The molecular formula is C16H23NO2. The monoisotopic (exact) mass is 261 g/mol. The first-order valence-corrected chi connectivity index (χ1v) is 7.37. The highest BCUT2D eigenvalue weighted by Gasteiger charge is 2.21. The summed E-state index contributed by atoms with van der Waals surface area (Å²) in [6, 6.07) is 4.39. The van der Waals surface area contributed by atoms with Crippen LogP contribution in [0.5, 0.6) is 11.5 Å². The molecule has 1 aromatic rings. The van der Waals surface area contributed by atoms with Gasteiger partial charge in [-0.3, -0.25) is 0 Å². The summed E-state index contributed by atoms with van der Waals surface area (Å²) in [4.78, 5) is 0. The fourth-order valence-electron chi connectivity index (χ4n) is 3.11. The van der Waals surface area contributed by atoms with E-state index < -0.39 is 0 Å². The number of hydrogen-bond donors (Lipinski definition) is 1. The number of fused-ring (bicyclic) bond motifs is 1. The van der Waals surface area contributed by atoms with E-state index in [-0.39, 0.29) is 0 Å². The predicted molar refractivity (Wildman–Crippen MR) is 76.0 cm³/mol. The molecule has 19 heavy (non-hydrogen) atoms. The zero-order valence-electron chi connectivity index (χ0n) is 11.9. The molecule has 0 aliphatic carbocycles. The summed E-state index contributed by atoms with van der Waals surface area (Å²) in [5, 5.41) is 3.43. The molecule has 0 aromatic heterocycles. The van der Waals surface area contributed by atoms with Gasteiger partial charge in [-0.1, -0.05) is 13.8 Å². The van der Waals surface area contributed by atoms with Crippen molar-refractivity contribution >= 4 is 0 Å². The van der Waals surface area contributed by atoms with Crippen LogP contribution < -0.4 is 14.8 Å². The van der Waals surface area contributed by atoms with Gasteiger partial charge in [0.2, 0.25) is 6.79 Å². The Morgan fingerprint density at radius 1 is 1.16 bits per heavy atom. The van der Waals surface area contributed by atoms with E-state index in [1.54, 1.807) is 0 Å². The van der Waals surface area contributed by atoms with Gasteiger partial charge in [0.05, 0.1) is 0 Å². The number of hydrogen-bond acceptors (Lipinski definition) is 3. The van der Waals surface area contributed by atoms with E-state index in [9.17, 15) is 0 Å². The van der Waals surface area contributed by atoms with Crippen LogP contribution in [-0.2, 0) is 6.42 Å². The minimum Gasteiger partial charge on any atom is -0.454 e. The Hall–Kier alpha value is -1.22. The number of ether oxygens (including phenoxy) is 2. The summed E-state index contributed by atoms with van der Waals surface area (Å²) in [5.41, 5.74) is 2.87. The van der Waals surface area contributed by atoms with Crippen LogP contribution in [0.2, 0.25) is 0 Å². The minimum atomic E-state index is 0.365. The fourth-order valence-corrected chi connectivity index (χ4v) is 3.11. The van der Waals surface area contributed by atoms with Crippen molar-refractivity contribution in [1.82, 2.24) is 5.32 Å². The third-order valence-electron chi connectivity index (χ3n) is 4.22. The average molecular weight is 261 g/mol. The van der Waals surface area contributed by atoms with Gasteiger partial charge in [-0.2, -0.15) is 0 Å². The van der Waals surface area contributed by atoms with Gasteiger partial charge in [0, 0.05) is 0 Å². The van der Waals surface area contributed by atoms with Gasteiger partial charge in [-0.05, 0) is 67.4 Å². The average Bonchev–Trinajstić information content (AvgIpc) is 2.86. The molecule has 0 spiro atoms. The molecule has 2 heterocycles. The molecule has 1 aromatic carbocycles. The quantitative estimate of drug-likeness (QED) is 0.907. The van der Waals surface area contributed by atoms with Gasteiger partial charge in [0.15, 0.2) is 11.5 Å². The van der Waals surface area contributed by atoms with Crippen molar-refractivity contribution in [3.63, 3.8) is 0 Å². The molecule has 0 radical (unpaired) electrons. The highest BCUT2D eigenvalue weighted by atomic mass is 16.7. The molecule has 2 aliphatic rings. The second kappa shape index (κ2) is 5.41. The second-order valence-corrected chi connectivity index (χ2v) is 5.96. The first kappa shape index (κ1) is 12.8. The van der Waals surface area contributed by atoms with E-state index in [0.717, 1.165) is 30.5 Å². The first-order valence-electron chi connectivity index (χ1n) is 7.37. The van der Waals surface area contributed by atoms with E-state index in [1.165, 1.54) is 30.4 Å². The lowest BCUT2D eigenvalue weighted by atomic mass is 9.86. The van der Waals surface area contributed by atoms with Gasteiger partial charge >= 0.3 is 0 Å². The van der Waals surface area contributed by atoms with Crippen LogP contribution in [0, 0.1) is 5.92 Å². The molecule has 1 saturated heterocycles. The highest BCUT2D eigenvalue weighted by Crippen LogP contribution is 2.38. The molecule has 0 unspecified atom stereocenters. The second-order valence-electron chi connectivity index (χ2n) is 5.96. The third-order valence-corrected chi connectivity index (χ3v) is 4.22. The van der Waals surface area contributed by atoms with Gasteiger partial charge in [-0.25, -0.2) is 0 Å². The topological polar surface area (TPSA) is 30.5 Å². The number of piperidine rings is 1. The number of nitrogens with one attached hydrogen (secondary N) is 1. The first-order chi connectivity index (χ1) is 9.24.